The standard InChI is InChI=1S/C38H36BrN3O4S/c39-32-16-21-36(46-27-22-29-10-4-1-5-11-29)35(28-32)38(43)40-33-17-19-34(20-18-33)47(44,45)42-25-23-41(24-26-42)37(30-12-6-2-7-13-30)31-14-8-3-9-15-31/h1-21,28,37H,22-27H2,(H,40,43). The van der Waals surface area contributed by atoms with E-state index in [1.54, 1.807) is 40.7 Å². The maximum absolute atomic E-state index is 13.6. The highest BCUT2D eigenvalue weighted by Gasteiger charge is 2.32. The van der Waals surface area contributed by atoms with E-state index in [2.05, 4.69) is 50.4 Å². The minimum absolute atomic E-state index is 0.0464. The Morgan fingerprint density at radius 1 is 0.745 bits per heavy atom. The number of carbonyl (C=O) groups excluding carboxylic acids is 1. The second-order valence-electron chi connectivity index (χ2n) is 11.4. The Balaban J connectivity index is 1.09. The Labute approximate surface area is 285 Å². The van der Waals surface area contributed by atoms with Crippen LogP contribution in [0.25, 0.3) is 0 Å². The molecule has 7 nitrogen and oxygen atoms in total. The van der Waals surface area contributed by atoms with Crippen molar-refractivity contribution < 1.29 is 17.9 Å². The molecule has 47 heavy (non-hydrogen) atoms. The number of ether oxygens (including phenoxy) is 1. The number of carbonyl (C=O) groups is 1. The lowest BCUT2D eigenvalue weighted by atomic mass is 9.96. The van der Waals surface area contributed by atoms with E-state index < -0.39 is 10.0 Å². The molecule has 1 saturated heterocycles. The molecule has 0 spiro atoms. The third-order valence-corrected chi connectivity index (χ3v) is 10.7. The molecule has 0 saturated carbocycles. The number of hydrogen-bond acceptors (Lipinski definition) is 5. The average Bonchev–Trinajstić information content (AvgIpc) is 3.11. The van der Waals surface area contributed by atoms with Crippen molar-refractivity contribution in [1.29, 1.82) is 0 Å². The fourth-order valence-corrected chi connectivity index (χ4v) is 7.66. The smallest absolute Gasteiger partial charge is 0.259 e. The molecule has 1 fully saturated rings. The number of halogens is 1. The van der Waals surface area contributed by atoms with Gasteiger partial charge in [0.1, 0.15) is 5.75 Å². The summed E-state index contributed by atoms with van der Waals surface area (Å²) in [7, 11) is -3.72. The Hall–Kier alpha value is -4.28. The third-order valence-electron chi connectivity index (χ3n) is 8.30. The van der Waals surface area contributed by atoms with Gasteiger partial charge in [0.05, 0.1) is 23.1 Å². The summed E-state index contributed by atoms with van der Waals surface area (Å²) in [5.74, 6) is 0.126. The van der Waals surface area contributed by atoms with E-state index in [0.717, 1.165) is 10.0 Å². The highest BCUT2D eigenvalue weighted by Crippen LogP contribution is 2.31. The summed E-state index contributed by atoms with van der Waals surface area (Å²) in [5, 5.41) is 2.89. The fourth-order valence-electron chi connectivity index (χ4n) is 5.87. The van der Waals surface area contributed by atoms with Gasteiger partial charge in [0.15, 0.2) is 0 Å². The Morgan fingerprint density at radius 3 is 1.91 bits per heavy atom. The number of piperazine rings is 1. The highest BCUT2D eigenvalue weighted by molar-refractivity contribution is 9.10. The highest BCUT2D eigenvalue weighted by atomic mass is 79.9. The van der Waals surface area contributed by atoms with Crippen LogP contribution in [-0.2, 0) is 16.4 Å². The second-order valence-corrected chi connectivity index (χ2v) is 14.2. The zero-order chi connectivity index (χ0) is 32.6. The van der Waals surface area contributed by atoms with Crippen LogP contribution in [0.4, 0.5) is 5.69 Å². The van der Waals surface area contributed by atoms with Gasteiger partial charge >= 0.3 is 0 Å². The van der Waals surface area contributed by atoms with Crippen molar-refractivity contribution in [3.05, 3.63) is 160 Å². The van der Waals surface area contributed by atoms with Gasteiger partial charge in [-0.2, -0.15) is 4.31 Å². The maximum atomic E-state index is 13.6. The quantitative estimate of drug-likeness (QED) is 0.155. The molecule has 240 valence electrons. The number of nitrogens with one attached hydrogen (secondary N) is 1. The monoisotopic (exact) mass is 709 g/mol. The van der Waals surface area contributed by atoms with Crippen molar-refractivity contribution in [2.75, 3.05) is 38.1 Å². The van der Waals surface area contributed by atoms with Crippen molar-refractivity contribution in [2.24, 2.45) is 0 Å². The number of nitrogens with zero attached hydrogens (tertiary/aromatic N) is 2. The van der Waals surface area contributed by atoms with Crippen LogP contribution >= 0.6 is 15.9 Å². The summed E-state index contributed by atoms with van der Waals surface area (Å²) in [6.45, 7) is 2.39. The van der Waals surface area contributed by atoms with E-state index in [0.29, 0.717) is 56.2 Å². The molecule has 9 heteroatoms. The summed E-state index contributed by atoms with van der Waals surface area (Å²) < 4.78 is 35.6. The molecule has 6 rings (SSSR count). The van der Waals surface area contributed by atoms with Crippen molar-refractivity contribution in [2.45, 2.75) is 17.4 Å². The molecule has 0 unspecified atom stereocenters. The summed E-state index contributed by atoms with van der Waals surface area (Å²) in [4.78, 5) is 15.8. The molecule has 5 aromatic rings. The van der Waals surface area contributed by atoms with Gasteiger partial charge in [-0.3, -0.25) is 9.69 Å². The fraction of sp³-hybridized carbons (Fsp3) is 0.184. The Morgan fingerprint density at radius 2 is 1.32 bits per heavy atom. The second kappa shape index (κ2) is 15.1. The van der Waals surface area contributed by atoms with Crippen molar-refractivity contribution in [1.82, 2.24) is 9.21 Å². The molecule has 0 aliphatic carbocycles. The molecule has 1 amide bonds. The van der Waals surface area contributed by atoms with Gasteiger partial charge in [-0.15, -0.1) is 0 Å². The van der Waals surface area contributed by atoms with Crippen LogP contribution in [-0.4, -0.2) is 56.3 Å². The van der Waals surface area contributed by atoms with E-state index in [1.165, 1.54) is 11.1 Å². The van der Waals surface area contributed by atoms with Crippen LogP contribution in [0.1, 0.15) is 33.1 Å². The summed E-state index contributed by atoms with van der Waals surface area (Å²) in [6, 6.07) is 42.4. The minimum atomic E-state index is -3.72. The topological polar surface area (TPSA) is 79.0 Å². The molecule has 1 aliphatic heterocycles. The molecule has 0 bridgehead atoms. The largest absolute Gasteiger partial charge is 0.492 e. The van der Waals surface area contributed by atoms with Crippen LogP contribution < -0.4 is 10.1 Å². The van der Waals surface area contributed by atoms with E-state index in [4.69, 9.17) is 4.74 Å². The lowest BCUT2D eigenvalue weighted by Gasteiger charge is -2.39. The SMILES string of the molecule is O=C(Nc1ccc(S(=O)(=O)N2CCN(C(c3ccccc3)c3ccccc3)CC2)cc1)c1cc(Br)ccc1OCCc1ccccc1. The van der Waals surface area contributed by atoms with Gasteiger partial charge in [-0.05, 0) is 59.2 Å². The molecular weight excluding hydrogens is 674 g/mol. The summed E-state index contributed by atoms with van der Waals surface area (Å²) in [6.07, 6.45) is 0.712. The van der Waals surface area contributed by atoms with Crippen LogP contribution in [0.5, 0.6) is 5.75 Å². The maximum Gasteiger partial charge on any atom is 0.259 e. The van der Waals surface area contributed by atoms with E-state index in [1.807, 2.05) is 72.8 Å². The molecule has 1 heterocycles. The zero-order valence-corrected chi connectivity index (χ0v) is 28.2. The van der Waals surface area contributed by atoms with Gasteiger partial charge in [-0.1, -0.05) is 107 Å². The zero-order valence-electron chi connectivity index (χ0n) is 25.8. The summed E-state index contributed by atoms with van der Waals surface area (Å²) in [5.41, 5.74) is 4.38. The number of benzene rings is 5. The summed E-state index contributed by atoms with van der Waals surface area (Å²) >= 11 is 3.45. The first-order valence-corrected chi connectivity index (χ1v) is 17.8. The minimum Gasteiger partial charge on any atom is -0.492 e. The van der Waals surface area contributed by atoms with Crippen molar-refractivity contribution in [3.8, 4) is 5.75 Å². The molecule has 1 aliphatic rings. The van der Waals surface area contributed by atoms with Crippen LogP contribution in [0, 0.1) is 0 Å². The van der Waals surface area contributed by atoms with Gasteiger partial charge in [0.25, 0.3) is 5.91 Å². The Kier molecular flexibility index (Phi) is 10.5. The lowest BCUT2D eigenvalue weighted by molar-refractivity contribution is 0.102. The predicted molar refractivity (Wildman–Crippen MR) is 189 cm³/mol. The number of anilines is 1. The van der Waals surface area contributed by atoms with Gasteiger partial charge in [0.2, 0.25) is 10.0 Å². The molecule has 0 aromatic heterocycles. The van der Waals surface area contributed by atoms with E-state index >= 15 is 0 Å². The normalized spacial score (nSPS) is 14.2. The average molecular weight is 711 g/mol. The predicted octanol–water partition coefficient (Wildman–Crippen LogP) is 7.42. The first kappa shape index (κ1) is 32.7. The number of sulfonamides is 1. The van der Waals surface area contributed by atoms with Crippen molar-refractivity contribution in [3.63, 3.8) is 0 Å². The van der Waals surface area contributed by atoms with E-state index in [-0.39, 0.29) is 16.8 Å². The molecule has 0 radical (unpaired) electrons. The first-order chi connectivity index (χ1) is 22.9. The Bertz CT molecular complexity index is 1840. The van der Waals surface area contributed by atoms with Crippen LogP contribution in [0.3, 0.4) is 0 Å². The molecule has 5 aromatic carbocycles. The van der Waals surface area contributed by atoms with Gasteiger partial charge in [-0.25, -0.2) is 8.42 Å². The molecule has 1 N–H and O–H groups in total. The molecular formula is C38H36BrN3O4S. The lowest BCUT2D eigenvalue weighted by Crippen LogP contribution is -2.49. The molecule has 0 atom stereocenters. The number of rotatable bonds is 11. The van der Waals surface area contributed by atoms with Gasteiger partial charge in [0, 0.05) is 42.8 Å². The van der Waals surface area contributed by atoms with Crippen molar-refractivity contribution >= 4 is 37.5 Å². The van der Waals surface area contributed by atoms with E-state index in [9.17, 15) is 13.2 Å². The van der Waals surface area contributed by atoms with Crippen LogP contribution in [0.2, 0.25) is 0 Å². The van der Waals surface area contributed by atoms with Gasteiger partial charge < -0.3 is 10.1 Å². The third kappa shape index (κ3) is 8.00. The van der Waals surface area contributed by atoms with Crippen LogP contribution in [0.15, 0.2) is 143 Å². The first-order valence-electron chi connectivity index (χ1n) is 15.6. The number of hydrogen-bond donors (Lipinski definition) is 1. The number of amides is 1.